The smallest absolute Gasteiger partial charge is 0.257 e. The molecule has 31 heavy (non-hydrogen) atoms. The van der Waals surface area contributed by atoms with Gasteiger partial charge in [-0.15, -0.1) is 0 Å². The largest absolute Gasteiger partial charge is 0.383 e. The molecule has 0 aliphatic carbocycles. The van der Waals surface area contributed by atoms with Gasteiger partial charge >= 0.3 is 0 Å². The van der Waals surface area contributed by atoms with Gasteiger partial charge in [-0.1, -0.05) is 12.1 Å². The van der Waals surface area contributed by atoms with Crippen molar-refractivity contribution in [1.29, 1.82) is 0 Å². The monoisotopic (exact) mass is 442 g/mol. The van der Waals surface area contributed by atoms with E-state index < -0.39 is 15.8 Å². The van der Waals surface area contributed by atoms with Gasteiger partial charge in [-0.3, -0.25) is 9.78 Å². The molecule has 1 amide bonds. The van der Waals surface area contributed by atoms with E-state index in [1.807, 2.05) is 0 Å². The van der Waals surface area contributed by atoms with Crippen molar-refractivity contribution < 1.29 is 17.6 Å². The molecule has 1 fully saturated rings. The Morgan fingerprint density at radius 1 is 1.13 bits per heavy atom. The van der Waals surface area contributed by atoms with Crippen molar-refractivity contribution in [3.8, 4) is 0 Å². The third kappa shape index (κ3) is 4.67. The van der Waals surface area contributed by atoms with Crippen LogP contribution < -0.4 is 10.5 Å². The number of hydrogen-bond acceptors (Lipinski definition) is 5. The van der Waals surface area contributed by atoms with E-state index >= 15 is 0 Å². The molecule has 2 heterocycles. The summed E-state index contributed by atoms with van der Waals surface area (Å²) in [5.41, 5.74) is 2.48. The molecule has 0 atom stereocenters. The molecule has 0 unspecified atom stereocenters. The Balaban J connectivity index is 1.59. The lowest BCUT2D eigenvalue weighted by Crippen LogP contribution is -2.28. The fraction of sp³-hybridized carbons (Fsp3) is 0.273. The highest BCUT2D eigenvalue weighted by Crippen LogP contribution is 2.28. The zero-order valence-electron chi connectivity index (χ0n) is 16.8. The number of primary sulfonamides is 1. The molecule has 0 spiro atoms. The van der Waals surface area contributed by atoms with Gasteiger partial charge in [-0.2, -0.15) is 0 Å². The third-order valence-corrected chi connectivity index (χ3v) is 6.35. The minimum Gasteiger partial charge on any atom is -0.383 e. The van der Waals surface area contributed by atoms with Gasteiger partial charge in [0.2, 0.25) is 10.0 Å². The number of amides is 1. The molecule has 2 aromatic carbocycles. The van der Waals surface area contributed by atoms with Gasteiger partial charge < -0.3 is 10.2 Å². The normalized spacial score (nSPS) is 14.2. The van der Waals surface area contributed by atoms with Crippen molar-refractivity contribution in [1.82, 2.24) is 9.88 Å². The van der Waals surface area contributed by atoms with E-state index in [4.69, 9.17) is 5.14 Å². The lowest BCUT2D eigenvalue weighted by atomic mass is 10.1. The number of pyridine rings is 1. The minimum atomic E-state index is -3.74. The molecule has 0 radical (unpaired) electrons. The quantitative estimate of drug-likeness (QED) is 0.611. The van der Waals surface area contributed by atoms with Crippen LogP contribution in [0.1, 0.15) is 28.8 Å². The molecule has 1 saturated heterocycles. The van der Waals surface area contributed by atoms with Crippen LogP contribution in [0.3, 0.4) is 0 Å². The summed E-state index contributed by atoms with van der Waals surface area (Å²) in [4.78, 5) is 19.2. The van der Waals surface area contributed by atoms with Gasteiger partial charge in [0.25, 0.3) is 5.91 Å². The van der Waals surface area contributed by atoms with Crippen LogP contribution in [0.5, 0.6) is 0 Å². The number of rotatable bonds is 6. The van der Waals surface area contributed by atoms with Crippen molar-refractivity contribution in [2.45, 2.75) is 24.2 Å². The molecule has 1 aliphatic rings. The zero-order valence-corrected chi connectivity index (χ0v) is 17.7. The standard InChI is InChI=1S/C22H23FN4O3S/c23-16-5-8-20-18(13-16)21(19(14-26-20)22(28)27-11-1-2-12-27)25-10-9-15-3-6-17(7-4-15)31(24,29)30/h3-8,13-14H,1-2,9-12H2,(H,25,26)(H2,24,29,30). The van der Waals surface area contributed by atoms with Gasteiger partial charge in [0.15, 0.2) is 0 Å². The summed E-state index contributed by atoms with van der Waals surface area (Å²) >= 11 is 0. The van der Waals surface area contributed by atoms with E-state index in [9.17, 15) is 17.6 Å². The van der Waals surface area contributed by atoms with Crippen LogP contribution in [-0.2, 0) is 16.4 Å². The van der Waals surface area contributed by atoms with Crippen molar-refractivity contribution in [3.63, 3.8) is 0 Å². The van der Waals surface area contributed by atoms with Crippen LogP contribution in [0.15, 0.2) is 53.6 Å². The number of anilines is 1. The second kappa shape index (κ2) is 8.60. The van der Waals surface area contributed by atoms with E-state index in [0.717, 1.165) is 18.4 Å². The number of likely N-dealkylation sites (tertiary alicyclic amines) is 1. The van der Waals surface area contributed by atoms with Gasteiger partial charge in [0.05, 0.1) is 21.7 Å². The number of sulfonamides is 1. The first-order valence-corrected chi connectivity index (χ1v) is 11.6. The van der Waals surface area contributed by atoms with Crippen LogP contribution in [0.25, 0.3) is 10.9 Å². The van der Waals surface area contributed by atoms with Crippen LogP contribution in [0.4, 0.5) is 10.1 Å². The summed E-state index contributed by atoms with van der Waals surface area (Å²) in [7, 11) is -3.74. The lowest BCUT2D eigenvalue weighted by molar-refractivity contribution is 0.0793. The van der Waals surface area contributed by atoms with Crippen molar-refractivity contribution >= 4 is 32.5 Å². The van der Waals surface area contributed by atoms with Gasteiger partial charge in [0, 0.05) is 31.2 Å². The Hall–Kier alpha value is -3.04. The average molecular weight is 443 g/mol. The molecule has 4 rings (SSSR count). The highest BCUT2D eigenvalue weighted by atomic mass is 32.2. The number of nitrogens with one attached hydrogen (secondary N) is 1. The molecule has 0 bridgehead atoms. The maximum Gasteiger partial charge on any atom is 0.257 e. The first-order valence-electron chi connectivity index (χ1n) is 10.1. The predicted molar refractivity (Wildman–Crippen MR) is 117 cm³/mol. The highest BCUT2D eigenvalue weighted by Gasteiger charge is 2.23. The molecule has 1 aliphatic heterocycles. The highest BCUT2D eigenvalue weighted by molar-refractivity contribution is 7.89. The Labute approximate surface area is 180 Å². The second-order valence-electron chi connectivity index (χ2n) is 7.57. The number of nitrogens with zero attached hydrogens (tertiary/aromatic N) is 2. The predicted octanol–water partition coefficient (Wildman–Crippen LogP) is 2.91. The van der Waals surface area contributed by atoms with Crippen LogP contribution >= 0.6 is 0 Å². The van der Waals surface area contributed by atoms with Gasteiger partial charge in [-0.25, -0.2) is 17.9 Å². The SMILES string of the molecule is NS(=O)(=O)c1ccc(CCNc2c(C(=O)N3CCCC3)cnc3ccc(F)cc23)cc1. The van der Waals surface area contributed by atoms with E-state index in [-0.39, 0.29) is 10.8 Å². The van der Waals surface area contributed by atoms with E-state index in [1.165, 1.54) is 24.3 Å². The summed E-state index contributed by atoms with van der Waals surface area (Å²) in [5, 5.41) is 8.97. The second-order valence-corrected chi connectivity index (χ2v) is 9.13. The summed E-state index contributed by atoms with van der Waals surface area (Å²) < 4.78 is 36.8. The molecular formula is C22H23FN4O3S. The number of carbonyl (C=O) groups is 1. The Morgan fingerprint density at radius 2 is 1.84 bits per heavy atom. The van der Waals surface area contributed by atoms with E-state index in [0.29, 0.717) is 48.2 Å². The third-order valence-electron chi connectivity index (χ3n) is 5.42. The molecule has 7 nitrogen and oxygen atoms in total. The van der Waals surface area contributed by atoms with Crippen molar-refractivity contribution in [2.24, 2.45) is 5.14 Å². The zero-order chi connectivity index (χ0) is 22.0. The fourth-order valence-electron chi connectivity index (χ4n) is 3.79. The van der Waals surface area contributed by atoms with E-state index in [1.54, 1.807) is 29.3 Å². The van der Waals surface area contributed by atoms with Crippen LogP contribution in [0.2, 0.25) is 0 Å². The molecule has 1 aromatic heterocycles. The summed E-state index contributed by atoms with van der Waals surface area (Å²) in [6, 6.07) is 10.6. The average Bonchev–Trinajstić information content (AvgIpc) is 3.28. The first kappa shape index (κ1) is 21.2. The lowest BCUT2D eigenvalue weighted by Gasteiger charge is -2.19. The number of nitrogens with two attached hydrogens (primary N) is 1. The number of benzene rings is 2. The Bertz CT molecular complexity index is 1220. The van der Waals surface area contributed by atoms with Gasteiger partial charge in [0.1, 0.15) is 5.82 Å². The molecule has 3 N–H and O–H groups in total. The Kier molecular flexibility index (Phi) is 5.88. The number of fused-ring (bicyclic) bond motifs is 1. The van der Waals surface area contributed by atoms with Gasteiger partial charge in [-0.05, 0) is 55.2 Å². The minimum absolute atomic E-state index is 0.0540. The molecule has 0 saturated carbocycles. The van der Waals surface area contributed by atoms with E-state index in [2.05, 4.69) is 10.3 Å². The molecule has 162 valence electrons. The number of carbonyl (C=O) groups excluding carboxylic acids is 1. The number of halogens is 1. The van der Waals surface area contributed by atoms with Crippen LogP contribution in [0, 0.1) is 5.82 Å². The maximum absolute atomic E-state index is 14.0. The summed E-state index contributed by atoms with van der Waals surface area (Å²) in [5.74, 6) is -0.516. The summed E-state index contributed by atoms with van der Waals surface area (Å²) in [6.07, 6.45) is 4.06. The topological polar surface area (TPSA) is 105 Å². The van der Waals surface area contributed by atoms with Crippen molar-refractivity contribution in [2.75, 3.05) is 25.0 Å². The summed E-state index contributed by atoms with van der Waals surface area (Å²) in [6.45, 7) is 1.87. The maximum atomic E-state index is 14.0. The van der Waals surface area contributed by atoms with Crippen LogP contribution in [-0.4, -0.2) is 43.8 Å². The molecule has 9 heteroatoms. The molecular weight excluding hydrogens is 419 g/mol. The fourth-order valence-corrected chi connectivity index (χ4v) is 4.30. The van der Waals surface area contributed by atoms with Crippen molar-refractivity contribution in [3.05, 3.63) is 65.6 Å². The first-order chi connectivity index (χ1) is 14.8. The number of aromatic nitrogens is 1. The number of hydrogen-bond donors (Lipinski definition) is 2. The molecule has 3 aromatic rings. The Morgan fingerprint density at radius 3 is 2.52 bits per heavy atom.